The number of aromatic nitrogens is 1. The number of ether oxygens (including phenoxy) is 1. The third-order valence-electron chi connectivity index (χ3n) is 3.33. The van der Waals surface area contributed by atoms with Crippen LogP contribution in [-0.4, -0.2) is 11.5 Å². The maximum Gasteiger partial charge on any atom is 0.138 e. The van der Waals surface area contributed by atoms with E-state index in [2.05, 4.69) is 17.2 Å². The lowest BCUT2D eigenvalue weighted by molar-refractivity contribution is 0.300. The van der Waals surface area contributed by atoms with Gasteiger partial charge in [-0.15, -0.1) is 0 Å². The molecule has 0 saturated heterocycles. The molecule has 0 aliphatic rings. The second kappa shape index (κ2) is 6.41. The van der Waals surface area contributed by atoms with Gasteiger partial charge in [-0.2, -0.15) is 0 Å². The molecule has 0 bridgehead atoms. The van der Waals surface area contributed by atoms with Crippen LogP contribution >= 0.6 is 0 Å². The fourth-order valence-corrected chi connectivity index (χ4v) is 2.18. The molecular weight excluding hydrogens is 264 g/mol. The molecule has 0 fully saturated rings. The molecule has 1 aromatic carbocycles. The summed E-state index contributed by atoms with van der Waals surface area (Å²) in [5.74, 6) is 1.69. The molecule has 0 atom stereocenters. The number of rotatable bonds is 6. The van der Waals surface area contributed by atoms with Crippen LogP contribution in [0.5, 0.6) is 5.75 Å². The highest BCUT2D eigenvalue weighted by atomic mass is 16.5. The molecule has 0 aliphatic carbocycles. The van der Waals surface area contributed by atoms with Gasteiger partial charge in [-0.1, -0.05) is 25.1 Å². The number of benzene rings is 1. The van der Waals surface area contributed by atoms with Crippen LogP contribution < -0.4 is 10.1 Å². The Morgan fingerprint density at radius 2 is 2.14 bits per heavy atom. The maximum absolute atomic E-state index is 5.83. The second-order valence-corrected chi connectivity index (χ2v) is 4.80. The lowest BCUT2D eigenvalue weighted by Gasteiger charge is -2.07. The van der Waals surface area contributed by atoms with Gasteiger partial charge in [0, 0.05) is 10.9 Å². The monoisotopic (exact) mass is 282 g/mol. The van der Waals surface area contributed by atoms with E-state index in [1.165, 1.54) is 0 Å². The van der Waals surface area contributed by atoms with Gasteiger partial charge in [0.25, 0.3) is 0 Å². The molecular formula is C17H18N2O2. The van der Waals surface area contributed by atoms with E-state index in [1.807, 2.05) is 36.4 Å². The molecule has 0 radical (unpaired) electrons. The Labute approximate surface area is 123 Å². The van der Waals surface area contributed by atoms with E-state index in [-0.39, 0.29) is 0 Å². The Kier molecular flexibility index (Phi) is 4.17. The molecule has 4 heteroatoms. The second-order valence-electron chi connectivity index (χ2n) is 4.80. The minimum Gasteiger partial charge on any atom is -0.487 e. The standard InChI is InChI=1S/C17H18N2O2/c1-2-18-11-17-14(7-8-20-17)12-21-15-9-13-5-3-4-6-16(13)19-10-15/h3-10,18H,2,11-12H2,1H3. The number of hydrogen-bond donors (Lipinski definition) is 1. The van der Waals surface area contributed by atoms with Gasteiger partial charge in [0.1, 0.15) is 18.1 Å². The van der Waals surface area contributed by atoms with Crippen LogP contribution in [0.1, 0.15) is 18.2 Å². The number of nitrogens with zero attached hydrogens (tertiary/aromatic N) is 1. The van der Waals surface area contributed by atoms with Gasteiger partial charge in [-0.3, -0.25) is 4.98 Å². The topological polar surface area (TPSA) is 47.3 Å². The molecule has 0 spiro atoms. The van der Waals surface area contributed by atoms with E-state index >= 15 is 0 Å². The highest BCUT2D eigenvalue weighted by Crippen LogP contribution is 2.20. The Hall–Kier alpha value is -2.33. The highest BCUT2D eigenvalue weighted by Gasteiger charge is 2.07. The van der Waals surface area contributed by atoms with Crippen molar-refractivity contribution in [2.24, 2.45) is 0 Å². The first-order chi connectivity index (χ1) is 10.4. The van der Waals surface area contributed by atoms with Crippen LogP contribution in [0.3, 0.4) is 0 Å². The molecule has 3 aromatic rings. The average molecular weight is 282 g/mol. The fourth-order valence-electron chi connectivity index (χ4n) is 2.18. The summed E-state index contributed by atoms with van der Waals surface area (Å²) < 4.78 is 11.3. The zero-order chi connectivity index (χ0) is 14.5. The van der Waals surface area contributed by atoms with Crippen molar-refractivity contribution in [1.29, 1.82) is 0 Å². The predicted octanol–water partition coefficient (Wildman–Crippen LogP) is 3.52. The SMILES string of the molecule is CCNCc1occc1COc1cnc2ccccc2c1. The van der Waals surface area contributed by atoms with E-state index in [9.17, 15) is 0 Å². The summed E-state index contributed by atoms with van der Waals surface area (Å²) in [5.41, 5.74) is 2.03. The number of para-hydroxylation sites is 1. The summed E-state index contributed by atoms with van der Waals surface area (Å²) in [5, 5.41) is 4.33. The van der Waals surface area contributed by atoms with Crippen LogP contribution in [-0.2, 0) is 13.2 Å². The van der Waals surface area contributed by atoms with E-state index in [1.54, 1.807) is 12.5 Å². The zero-order valence-corrected chi connectivity index (χ0v) is 12.0. The fraction of sp³-hybridized carbons (Fsp3) is 0.235. The molecule has 0 aliphatic heterocycles. The number of pyridine rings is 1. The first-order valence-corrected chi connectivity index (χ1v) is 7.10. The van der Waals surface area contributed by atoms with Crippen molar-refractivity contribution in [3.05, 3.63) is 60.2 Å². The summed E-state index contributed by atoms with van der Waals surface area (Å²) in [4.78, 5) is 4.39. The zero-order valence-electron chi connectivity index (χ0n) is 12.0. The van der Waals surface area contributed by atoms with Crippen LogP contribution in [0.15, 0.2) is 53.3 Å². The third-order valence-corrected chi connectivity index (χ3v) is 3.33. The Morgan fingerprint density at radius 3 is 3.05 bits per heavy atom. The first-order valence-electron chi connectivity index (χ1n) is 7.10. The van der Waals surface area contributed by atoms with Crippen LogP contribution in [0, 0.1) is 0 Å². The van der Waals surface area contributed by atoms with Crippen molar-refractivity contribution < 1.29 is 9.15 Å². The lowest BCUT2D eigenvalue weighted by atomic mass is 10.2. The van der Waals surface area contributed by atoms with Gasteiger partial charge in [-0.25, -0.2) is 0 Å². The van der Waals surface area contributed by atoms with Crippen molar-refractivity contribution in [2.75, 3.05) is 6.54 Å². The van der Waals surface area contributed by atoms with Crippen LogP contribution in [0.2, 0.25) is 0 Å². The van der Waals surface area contributed by atoms with E-state index in [0.29, 0.717) is 6.61 Å². The Morgan fingerprint density at radius 1 is 1.24 bits per heavy atom. The quantitative estimate of drug-likeness (QED) is 0.751. The summed E-state index contributed by atoms with van der Waals surface area (Å²) in [6.07, 6.45) is 3.45. The Bertz CT molecular complexity index is 721. The van der Waals surface area contributed by atoms with Crippen molar-refractivity contribution in [1.82, 2.24) is 10.3 Å². The number of nitrogens with one attached hydrogen (secondary N) is 1. The molecule has 0 unspecified atom stereocenters. The van der Waals surface area contributed by atoms with Gasteiger partial charge in [0.15, 0.2) is 0 Å². The lowest BCUT2D eigenvalue weighted by Crippen LogP contribution is -2.12. The van der Waals surface area contributed by atoms with Gasteiger partial charge in [0.05, 0.1) is 24.5 Å². The van der Waals surface area contributed by atoms with Gasteiger partial charge < -0.3 is 14.5 Å². The van der Waals surface area contributed by atoms with Gasteiger partial charge in [-0.05, 0) is 24.7 Å². The van der Waals surface area contributed by atoms with Crippen LogP contribution in [0.25, 0.3) is 10.9 Å². The summed E-state index contributed by atoms with van der Waals surface area (Å²) in [6.45, 7) is 4.19. The molecule has 0 saturated carbocycles. The minimum absolute atomic E-state index is 0.483. The molecule has 0 amide bonds. The normalized spacial score (nSPS) is 10.9. The molecule has 4 nitrogen and oxygen atoms in total. The summed E-state index contributed by atoms with van der Waals surface area (Å²) in [7, 11) is 0. The summed E-state index contributed by atoms with van der Waals surface area (Å²) >= 11 is 0. The highest BCUT2D eigenvalue weighted by molar-refractivity contribution is 5.79. The molecule has 3 rings (SSSR count). The van der Waals surface area contributed by atoms with Crippen molar-refractivity contribution in [3.63, 3.8) is 0 Å². The summed E-state index contributed by atoms with van der Waals surface area (Å²) in [6, 6.07) is 12.0. The van der Waals surface area contributed by atoms with Gasteiger partial charge >= 0.3 is 0 Å². The van der Waals surface area contributed by atoms with Crippen molar-refractivity contribution >= 4 is 10.9 Å². The number of hydrogen-bond acceptors (Lipinski definition) is 4. The van der Waals surface area contributed by atoms with Crippen molar-refractivity contribution in [3.8, 4) is 5.75 Å². The molecule has 108 valence electrons. The largest absolute Gasteiger partial charge is 0.487 e. The van der Waals surface area contributed by atoms with Crippen molar-refractivity contribution in [2.45, 2.75) is 20.1 Å². The molecule has 21 heavy (non-hydrogen) atoms. The third kappa shape index (κ3) is 3.23. The smallest absolute Gasteiger partial charge is 0.138 e. The predicted molar refractivity (Wildman–Crippen MR) is 82.2 cm³/mol. The van der Waals surface area contributed by atoms with E-state index in [4.69, 9.17) is 9.15 Å². The van der Waals surface area contributed by atoms with E-state index < -0.39 is 0 Å². The Balaban J connectivity index is 1.70. The molecule has 2 heterocycles. The molecule has 2 aromatic heterocycles. The number of furan rings is 1. The van der Waals surface area contributed by atoms with E-state index in [0.717, 1.165) is 41.1 Å². The average Bonchev–Trinajstić information content (AvgIpc) is 2.98. The first kappa shape index (κ1) is 13.6. The molecule has 1 N–H and O–H groups in total. The van der Waals surface area contributed by atoms with Crippen LogP contribution in [0.4, 0.5) is 0 Å². The number of fused-ring (bicyclic) bond motifs is 1. The van der Waals surface area contributed by atoms with Gasteiger partial charge in [0.2, 0.25) is 0 Å². The maximum atomic E-state index is 5.83. The minimum atomic E-state index is 0.483.